The van der Waals surface area contributed by atoms with Crippen molar-refractivity contribution < 1.29 is 14.3 Å². The Kier molecular flexibility index (Phi) is 5.71. The van der Waals surface area contributed by atoms with Crippen molar-refractivity contribution in [2.45, 2.75) is 20.3 Å². The van der Waals surface area contributed by atoms with Crippen LogP contribution in [-0.2, 0) is 14.3 Å². The molecule has 0 bridgehead atoms. The lowest BCUT2D eigenvalue weighted by Crippen LogP contribution is -2.42. The van der Waals surface area contributed by atoms with E-state index in [0.717, 1.165) is 44.1 Å². The lowest BCUT2D eigenvalue weighted by molar-refractivity contribution is -0.128. The maximum atomic E-state index is 12.5. The molecule has 1 atom stereocenters. The minimum absolute atomic E-state index is 0.0644. The number of hydrogen-bond donors (Lipinski definition) is 1. The predicted molar refractivity (Wildman–Crippen MR) is 96.5 cm³/mol. The Morgan fingerprint density at radius 3 is 2.68 bits per heavy atom. The van der Waals surface area contributed by atoms with Crippen LogP contribution in [0.25, 0.3) is 0 Å². The molecule has 0 radical (unpaired) electrons. The number of nitrogens with one attached hydrogen (secondary N) is 1. The number of aryl methyl sites for hydroxylation is 2. The molecule has 0 saturated carbocycles. The number of benzene rings is 1. The Bertz CT molecular complexity index is 641. The van der Waals surface area contributed by atoms with Gasteiger partial charge in [0.05, 0.1) is 19.1 Å². The molecule has 6 heteroatoms. The van der Waals surface area contributed by atoms with Crippen molar-refractivity contribution in [3.63, 3.8) is 0 Å². The van der Waals surface area contributed by atoms with Gasteiger partial charge in [0.2, 0.25) is 11.8 Å². The molecule has 6 nitrogen and oxygen atoms in total. The summed E-state index contributed by atoms with van der Waals surface area (Å²) in [5.74, 6) is -0.252. The molecule has 2 amide bonds. The lowest BCUT2D eigenvalue weighted by Gasteiger charge is -2.28. The van der Waals surface area contributed by atoms with Crippen molar-refractivity contribution in [3.8, 4) is 0 Å². The summed E-state index contributed by atoms with van der Waals surface area (Å²) in [5.41, 5.74) is 3.14. The van der Waals surface area contributed by atoms with Crippen LogP contribution >= 0.6 is 0 Å². The molecular formula is C19H27N3O3. The Morgan fingerprint density at radius 1 is 1.20 bits per heavy atom. The van der Waals surface area contributed by atoms with Crippen molar-refractivity contribution in [1.82, 2.24) is 9.80 Å². The first-order valence-corrected chi connectivity index (χ1v) is 8.99. The Labute approximate surface area is 149 Å². The van der Waals surface area contributed by atoms with E-state index in [9.17, 15) is 9.59 Å². The number of rotatable bonds is 5. The van der Waals surface area contributed by atoms with Crippen LogP contribution in [0.3, 0.4) is 0 Å². The monoisotopic (exact) mass is 345 g/mol. The van der Waals surface area contributed by atoms with Gasteiger partial charge in [0, 0.05) is 44.8 Å². The molecule has 136 valence electrons. The van der Waals surface area contributed by atoms with Crippen molar-refractivity contribution in [1.29, 1.82) is 0 Å². The van der Waals surface area contributed by atoms with Crippen molar-refractivity contribution in [3.05, 3.63) is 29.3 Å². The van der Waals surface area contributed by atoms with Crippen LogP contribution in [0, 0.1) is 19.8 Å². The average Bonchev–Trinajstić information content (AvgIpc) is 2.98. The molecule has 2 saturated heterocycles. The molecule has 1 aromatic carbocycles. The van der Waals surface area contributed by atoms with Gasteiger partial charge in [-0.3, -0.25) is 14.5 Å². The first kappa shape index (κ1) is 17.9. The molecule has 1 aromatic rings. The summed E-state index contributed by atoms with van der Waals surface area (Å²) in [4.78, 5) is 28.8. The zero-order valence-corrected chi connectivity index (χ0v) is 15.1. The summed E-state index contributed by atoms with van der Waals surface area (Å²) in [6, 6.07) is 5.88. The van der Waals surface area contributed by atoms with Gasteiger partial charge in [-0.2, -0.15) is 0 Å². The summed E-state index contributed by atoms with van der Waals surface area (Å²) >= 11 is 0. The van der Waals surface area contributed by atoms with E-state index >= 15 is 0 Å². The number of carbonyl (C=O) groups excluding carboxylic acids is 2. The number of hydrogen-bond acceptors (Lipinski definition) is 4. The van der Waals surface area contributed by atoms with E-state index in [4.69, 9.17) is 4.74 Å². The standard InChI is InChI=1S/C19H27N3O3/c1-14-3-4-17(11-15(14)2)20-19(24)16-12-18(23)22(13-16)6-5-21-7-9-25-10-8-21/h3-4,11,16H,5-10,12-13H2,1-2H3,(H,20,24). The second-order valence-corrected chi connectivity index (χ2v) is 6.98. The summed E-state index contributed by atoms with van der Waals surface area (Å²) in [5, 5.41) is 2.95. The number of amides is 2. The van der Waals surface area contributed by atoms with E-state index in [-0.39, 0.29) is 17.7 Å². The fraction of sp³-hybridized carbons (Fsp3) is 0.579. The molecule has 0 spiro atoms. The molecule has 2 aliphatic rings. The van der Waals surface area contributed by atoms with Crippen LogP contribution in [0.1, 0.15) is 17.5 Å². The van der Waals surface area contributed by atoms with Crippen LogP contribution in [0.15, 0.2) is 18.2 Å². The van der Waals surface area contributed by atoms with Crippen LogP contribution in [0.2, 0.25) is 0 Å². The van der Waals surface area contributed by atoms with Crippen molar-refractivity contribution >= 4 is 17.5 Å². The van der Waals surface area contributed by atoms with Crippen LogP contribution in [-0.4, -0.2) is 67.6 Å². The first-order chi connectivity index (χ1) is 12.0. The lowest BCUT2D eigenvalue weighted by atomic mass is 10.1. The summed E-state index contributed by atoms with van der Waals surface area (Å²) in [7, 11) is 0. The molecule has 2 aliphatic heterocycles. The van der Waals surface area contributed by atoms with Crippen LogP contribution < -0.4 is 5.32 Å². The smallest absolute Gasteiger partial charge is 0.229 e. The Morgan fingerprint density at radius 2 is 1.96 bits per heavy atom. The molecule has 1 N–H and O–H groups in total. The van der Waals surface area contributed by atoms with E-state index in [1.54, 1.807) is 0 Å². The minimum Gasteiger partial charge on any atom is -0.379 e. The highest BCUT2D eigenvalue weighted by atomic mass is 16.5. The van der Waals surface area contributed by atoms with Gasteiger partial charge >= 0.3 is 0 Å². The zero-order chi connectivity index (χ0) is 17.8. The third-order valence-electron chi connectivity index (χ3n) is 5.15. The van der Waals surface area contributed by atoms with E-state index in [1.807, 2.05) is 36.9 Å². The fourth-order valence-electron chi connectivity index (χ4n) is 3.31. The molecule has 2 heterocycles. The highest BCUT2D eigenvalue weighted by Crippen LogP contribution is 2.21. The predicted octanol–water partition coefficient (Wildman–Crippen LogP) is 1.42. The Hall–Kier alpha value is -1.92. The summed E-state index contributed by atoms with van der Waals surface area (Å²) in [6.45, 7) is 9.47. The molecule has 1 unspecified atom stereocenters. The van der Waals surface area contributed by atoms with Gasteiger partial charge in [0.25, 0.3) is 0 Å². The molecule has 0 aliphatic carbocycles. The van der Waals surface area contributed by atoms with Gasteiger partial charge in [0.1, 0.15) is 0 Å². The minimum atomic E-state index is -0.265. The highest BCUT2D eigenvalue weighted by molar-refractivity contribution is 5.97. The second-order valence-electron chi connectivity index (χ2n) is 6.98. The summed E-state index contributed by atoms with van der Waals surface area (Å²) < 4.78 is 5.34. The molecular weight excluding hydrogens is 318 g/mol. The zero-order valence-electron chi connectivity index (χ0n) is 15.1. The normalized spacial score (nSPS) is 21.6. The largest absolute Gasteiger partial charge is 0.379 e. The third kappa shape index (κ3) is 4.58. The number of nitrogens with zero attached hydrogens (tertiary/aromatic N) is 2. The molecule has 25 heavy (non-hydrogen) atoms. The van der Waals surface area contributed by atoms with Crippen LogP contribution in [0.5, 0.6) is 0 Å². The Balaban J connectivity index is 1.50. The topological polar surface area (TPSA) is 61.9 Å². The van der Waals surface area contributed by atoms with E-state index in [0.29, 0.717) is 19.5 Å². The molecule has 2 fully saturated rings. The van der Waals surface area contributed by atoms with E-state index < -0.39 is 0 Å². The summed E-state index contributed by atoms with van der Waals surface area (Å²) in [6.07, 6.45) is 0.305. The quantitative estimate of drug-likeness (QED) is 0.877. The van der Waals surface area contributed by atoms with Gasteiger partial charge in [0.15, 0.2) is 0 Å². The second kappa shape index (κ2) is 7.97. The average molecular weight is 345 g/mol. The van der Waals surface area contributed by atoms with Gasteiger partial charge in [-0.15, -0.1) is 0 Å². The number of morpholine rings is 1. The highest BCUT2D eigenvalue weighted by Gasteiger charge is 2.34. The van der Waals surface area contributed by atoms with Gasteiger partial charge in [-0.25, -0.2) is 0 Å². The third-order valence-corrected chi connectivity index (χ3v) is 5.15. The van der Waals surface area contributed by atoms with Crippen molar-refractivity contribution in [2.75, 3.05) is 51.3 Å². The van der Waals surface area contributed by atoms with Gasteiger partial charge in [-0.05, 0) is 37.1 Å². The van der Waals surface area contributed by atoms with Crippen molar-refractivity contribution in [2.24, 2.45) is 5.92 Å². The van der Waals surface area contributed by atoms with Crippen LogP contribution in [0.4, 0.5) is 5.69 Å². The SMILES string of the molecule is Cc1ccc(NC(=O)C2CC(=O)N(CCN3CCOCC3)C2)cc1C. The molecule has 3 rings (SSSR count). The number of carbonyl (C=O) groups is 2. The maximum absolute atomic E-state index is 12.5. The molecule has 0 aromatic heterocycles. The first-order valence-electron chi connectivity index (χ1n) is 8.99. The van der Waals surface area contributed by atoms with E-state index in [2.05, 4.69) is 10.2 Å². The number of ether oxygens (including phenoxy) is 1. The van der Waals surface area contributed by atoms with Gasteiger partial charge < -0.3 is 15.0 Å². The van der Waals surface area contributed by atoms with Gasteiger partial charge in [-0.1, -0.05) is 6.07 Å². The fourth-order valence-corrected chi connectivity index (χ4v) is 3.31. The maximum Gasteiger partial charge on any atom is 0.229 e. The number of likely N-dealkylation sites (tertiary alicyclic amines) is 1. The number of anilines is 1. The van der Waals surface area contributed by atoms with E-state index in [1.165, 1.54) is 5.56 Å².